The maximum Gasteiger partial charge on any atom is 0.240 e. The Labute approximate surface area is 121 Å². The summed E-state index contributed by atoms with van der Waals surface area (Å²) in [6.45, 7) is 7.97. The van der Waals surface area contributed by atoms with Gasteiger partial charge in [-0.05, 0) is 58.5 Å². The van der Waals surface area contributed by atoms with E-state index in [0.29, 0.717) is 12.3 Å². The van der Waals surface area contributed by atoms with Gasteiger partial charge in [0.25, 0.3) is 0 Å². The predicted octanol–water partition coefficient (Wildman–Crippen LogP) is 1.67. The highest BCUT2D eigenvalue weighted by Gasteiger charge is 2.16. The van der Waals surface area contributed by atoms with Crippen LogP contribution in [0.4, 0.5) is 0 Å². The van der Waals surface area contributed by atoms with Gasteiger partial charge < -0.3 is 10.1 Å². The van der Waals surface area contributed by atoms with Crippen molar-refractivity contribution in [2.75, 3.05) is 13.6 Å². The van der Waals surface area contributed by atoms with Gasteiger partial charge in [0.15, 0.2) is 0 Å². The van der Waals surface area contributed by atoms with Crippen LogP contribution in [-0.2, 0) is 10.0 Å². The molecule has 1 aromatic carbocycles. The SMILES string of the molecule is CNC(C)CNS(=O)(=O)c1ccc(OC(C)C)c(C)c1. The summed E-state index contributed by atoms with van der Waals surface area (Å²) in [5, 5.41) is 2.98. The number of nitrogens with one attached hydrogen (secondary N) is 2. The second-order valence-corrected chi connectivity index (χ2v) is 6.90. The molecule has 6 heteroatoms. The number of likely N-dealkylation sites (N-methyl/N-ethyl adjacent to an activating group) is 1. The van der Waals surface area contributed by atoms with Crippen LogP contribution < -0.4 is 14.8 Å². The lowest BCUT2D eigenvalue weighted by atomic mass is 10.2. The minimum Gasteiger partial charge on any atom is -0.491 e. The van der Waals surface area contributed by atoms with Gasteiger partial charge in [0.1, 0.15) is 5.75 Å². The quantitative estimate of drug-likeness (QED) is 0.804. The normalized spacial score (nSPS) is 13.5. The van der Waals surface area contributed by atoms with E-state index in [-0.39, 0.29) is 17.0 Å². The summed E-state index contributed by atoms with van der Waals surface area (Å²) in [5.74, 6) is 0.711. The van der Waals surface area contributed by atoms with Gasteiger partial charge in [-0.3, -0.25) is 0 Å². The number of ether oxygens (including phenoxy) is 1. The molecule has 2 N–H and O–H groups in total. The van der Waals surface area contributed by atoms with Crippen molar-refractivity contribution in [2.24, 2.45) is 0 Å². The zero-order valence-corrected chi connectivity index (χ0v) is 13.5. The molecule has 0 heterocycles. The number of hydrogen-bond acceptors (Lipinski definition) is 4. The van der Waals surface area contributed by atoms with Crippen LogP contribution >= 0.6 is 0 Å². The molecule has 20 heavy (non-hydrogen) atoms. The van der Waals surface area contributed by atoms with Crippen molar-refractivity contribution in [2.45, 2.75) is 44.7 Å². The summed E-state index contributed by atoms with van der Waals surface area (Å²) in [4.78, 5) is 0.259. The molecule has 1 unspecified atom stereocenters. The van der Waals surface area contributed by atoms with E-state index in [1.54, 1.807) is 25.2 Å². The molecular weight excluding hydrogens is 276 g/mol. The summed E-state index contributed by atoms with van der Waals surface area (Å²) in [5.41, 5.74) is 0.809. The molecule has 0 aliphatic heterocycles. The van der Waals surface area contributed by atoms with Crippen LogP contribution in [0.5, 0.6) is 5.75 Å². The zero-order valence-electron chi connectivity index (χ0n) is 12.7. The smallest absolute Gasteiger partial charge is 0.240 e. The number of benzene rings is 1. The maximum absolute atomic E-state index is 12.2. The standard InChI is InChI=1S/C14H24N2O3S/c1-10(2)19-14-7-6-13(8-11(14)3)20(17,18)16-9-12(4)15-5/h6-8,10,12,15-16H,9H2,1-5H3. The van der Waals surface area contributed by atoms with Crippen LogP contribution in [0.2, 0.25) is 0 Å². The average molecular weight is 300 g/mol. The summed E-state index contributed by atoms with van der Waals surface area (Å²) in [6, 6.07) is 4.97. The van der Waals surface area contributed by atoms with Crippen LogP contribution in [0.1, 0.15) is 26.3 Å². The second kappa shape index (κ2) is 7.06. The lowest BCUT2D eigenvalue weighted by Crippen LogP contribution is -2.37. The van der Waals surface area contributed by atoms with Gasteiger partial charge in [-0.15, -0.1) is 0 Å². The molecule has 5 nitrogen and oxygen atoms in total. The van der Waals surface area contributed by atoms with Gasteiger partial charge >= 0.3 is 0 Å². The Morgan fingerprint density at radius 1 is 1.25 bits per heavy atom. The minimum absolute atomic E-state index is 0.0609. The predicted molar refractivity (Wildman–Crippen MR) is 80.7 cm³/mol. The van der Waals surface area contributed by atoms with Crippen molar-refractivity contribution in [1.29, 1.82) is 0 Å². The summed E-state index contributed by atoms with van der Waals surface area (Å²) in [6.07, 6.45) is 0.0609. The molecule has 1 atom stereocenters. The van der Waals surface area contributed by atoms with Gasteiger partial charge in [-0.2, -0.15) is 0 Å². The van der Waals surface area contributed by atoms with E-state index in [0.717, 1.165) is 5.56 Å². The maximum atomic E-state index is 12.2. The zero-order chi connectivity index (χ0) is 15.3. The van der Waals surface area contributed by atoms with Crippen LogP contribution in [0.25, 0.3) is 0 Å². The van der Waals surface area contributed by atoms with Gasteiger partial charge in [0.05, 0.1) is 11.0 Å². The van der Waals surface area contributed by atoms with Crippen molar-refractivity contribution in [3.63, 3.8) is 0 Å². The highest BCUT2D eigenvalue weighted by atomic mass is 32.2. The van der Waals surface area contributed by atoms with E-state index < -0.39 is 10.0 Å². The molecule has 1 aromatic rings. The van der Waals surface area contributed by atoms with Crippen LogP contribution in [-0.4, -0.2) is 34.2 Å². The summed E-state index contributed by atoms with van der Waals surface area (Å²) >= 11 is 0. The molecule has 0 spiro atoms. The first-order valence-electron chi connectivity index (χ1n) is 6.70. The highest BCUT2D eigenvalue weighted by Crippen LogP contribution is 2.22. The number of sulfonamides is 1. The molecule has 0 amide bonds. The van der Waals surface area contributed by atoms with E-state index in [1.807, 2.05) is 27.7 Å². The van der Waals surface area contributed by atoms with Crippen molar-refractivity contribution in [3.8, 4) is 5.75 Å². The first-order valence-corrected chi connectivity index (χ1v) is 8.19. The number of hydrogen-bond donors (Lipinski definition) is 2. The molecule has 0 fully saturated rings. The van der Waals surface area contributed by atoms with Gasteiger partial charge in [-0.1, -0.05) is 0 Å². The van der Waals surface area contributed by atoms with Crippen molar-refractivity contribution in [1.82, 2.24) is 10.0 Å². The van der Waals surface area contributed by atoms with E-state index in [4.69, 9.17) is 4.74 Å². The van der Waals surface area contributed by atoms with E-state index in [1.165, 1.54) is 0 Å². The van der Waals surface area contributed by atoms with E-state index in [9.17, 15) is 8.42 Å². The molecule has 1 rings (SSSR count). The molecule has 0 saturated heterocycles. The van der Waals surface area contributed by atoms with Crippen molar-refractivity contribution in [3.05, 3.63) is 23.8 Å². The fourth-order valence-electron chi connectivity index (χ4n) is 1.60. The van der Waals surface area contributed by atoms with Crippen molar-refractivity contribution < 1.29 is 13.2 Å². The Morgan fingerprint density at radius 2 is 1.90 bits per heavy atom. The molecule has 0 bridgehead atoms. The highest BCUT2D eigenvalue weighted by molar-refractivity contribution is 7.89. The molecule has 0 aliphatic carbocycles. The Balaban J connectivity index is 2.88. The molecule has 0 aliphatic rings. The third-order valence-corrected chi connectivity index (χ3v) is 4.31. The third kappa shape index (κ3) is 4.77. The van der Waals surface area contributed by atoms with E-state index in [2.05, 4.69) is 10.0 Å². The molecule has 0 radical (unpaired) electrons. The first-order chi connectivity index (χ1) is 9.26. The molecule has 0 aromatic heterocycles. The second-order valence-electron chi connectivity index (χ2n) is 5.14. The first kappa shape index (κ1) is 16.9. The molecule has 0 saturated carbocycles. The average Bonchev–Trinajstić information content (AvgIpc) is 2.37. The third-order valence-electron chi connectivity index (χ3n) is 2.89. The molecular formula is C14H24N2O3S. The van der Waals surface area contributed by atoms with Crippen molar-refractivity contribution >= 4 is 10.0 Å². The Kier molecular flexibility index (Phi) is 5.98. The summed E-state index contributed by atoms with van der Waals surface area (Å²) < 4.78 is 32.5. The number of rotatable bonds is 7. The Bertz CT molecular complexity index is 541. The van der Waals surface area contributed by atoms with Gasteiger partial charge in [0, 0.05) is 12.6 Å². The fourth-order valence-corrected chi connectivity index (χ4v) is 2.81. The lowest BCUT2D eigenvalue weighted by molar-refractivity contribution is 0.240. The van der Waals surface area contributed by atoms with E-state index >= 15 is 0 Å². The monoisotopic (exact) mass is 300 g/mol. The van der Waals surface area contributed by atoms with Gasteiger partial charge in [-0.25, -0.2) is 13.1 Å². The van der Waals surface area contributed by atoms with Gasteiger partial charge in [0.2, 0.25) is 10.0 Å². The lowest BCUT2D eigenvalue weighted by Gasteiger charge is -2.15. The van der Waals surface area contributed by atoms with Crippen LogP contribution in [0, 0.1) is 6.92 Å². The van der Waals surface area contributed by atoms with Crippen LogP contribution in [0.3, 0.4) is 0 Å². The Hall–Kier alpha value is -1.11. The number of aryl methyl sites for hydroxylation is 1. The summed E-state index contributed by atoms with van der Waals surface area (Å²) in [7, 11) is -1.69. The van der Waals surface area contributed by atoms with Crippen LogP contribution in [0.15, 0.2) is 23.1 Å². The minimum atomic E-state index is -3.48. The largest absolute Gasteiger partial charge is 0.491 e. The topological polar surface area (TPSA) is 67.4 Å². The fraction of sp³-hybridized carbons (Fsp3) is 0.571. The molecule has 114 valence electrons. The Morgan fingerprint density at radius 3 is 2.40 bits per heavy atom.